The number of carbonyl (C=O) groups is 1. The zero-order valence-electron chi connectivity index (χ0n) is 13.8. The summed E-state index contributed by atoms with van der Waals surface area (Å²) < 4.78 is 5.38. The second kappa shape index (κ2) is 8.13. The maximum atomic E-state index is 11.7. The second-order valence-corrected chi connectivity index (χ2v) is 6.27. The van der Waals surface area contributed by atoms with Crippen molar-refractivity contribution in [2.24, 2.45) is 0 Å². The van der Waals surface area contributed by atoms with E-state index in [0.717, 1.165) is 25.2 Å². The van der Waals surface area contributed by atoms with Crippen LogP contribution in [-0.2, 0) is 11.3 Å². The van der Waals surface area contributed by atoms with Crippen LogP contribution in [0.2, 0.25) is 0 Å². The van der Waals surface area contributed by atoms with E-state index in [1.54, 1.807) is 0 Å². The minimum Gasteiger partial charge on any atom is -0.448 e. The summed E-state index contributed by atoms with van der Waals surface area (Å²) in [6.07, 6.45) is 4.98. The average molecular weight is 305 g/mol. The monoisotopic (exact) mass is 305 g/mol. The van der Waals surface area contributed by atoms with Gasteiger partial charge in [-0.1, -0.05) is 12.5 Å². The summed E-state index contributed by atoms with van der Waals surface area (Å²) in [5.74, 6) is 0. The van der Waals surface area contributed by atoms with Crippen LogP contribution in [0.4, 0.5) is 4.79 Å². The molecule has 1 amide bonds. The van der Waals surface area contributed by atoms with E-state index in [4.69, 9.17) is 4.74 Å². The zero-order valence-corrected chi connectivity index (χ0v) is 13.8. The predicted octanol–water partition coefficient (Wildman–Crippen LogP) is 2.88. The number of aryl methyl sites for hydroxylation is 1. The minimum absolute atomic E-state index is 0.105. The third-order valence-electron chi connectivity index (χ3n) is 4.05. The highest BCUT2D eigenvalue weighted by atomic mass is 16.5. The van der Waals surface area contributed by atoms with Gasteiger partial charge in [0.15, 0.2) is 0 Å². The van der Waals surface area contributed by atoms with Crippen LogP contribution < -0.4 is 5.32 Å². The number of hydrogen-bond acceptors (Lipinski definition) is 4. The van der Waals surface area contributed by atoms with E-state index in [2.05, 4.69) is 21.3 Å². The number of alkyl carbamates (subject to hydrolysis) is 1. The Morgan fingerprint density at radius 2 is 2.32 bits per heavy atom. The zero-order chi connectivity index (χ0) is 15.9. The van der Waals surface area contributed by atoms with Gasteiger partial charge in [-0.05, 0) is 51.8 Å². The van der Waals surface area contributed by atoms with Crippen LogP contribution >= 0.6 is 0 Å². The van der Waals surface area contributed by atoms with Crippen molar-refractivity contribution in [3.05, 3.63) is 29.6 Å². The van der Waals surface area contributed by atoms with Crippen LogP contribution in [0.25, 0.3) is 0 Å². The molecule has 2 heterocycles. The van der Waals surface area contributed by atoms with Crippen molar-refractivity contribution < 1.29 is 9.53 Å². The third-order valence-corrected chi connectivity index (χ3v) is 4.05. The topological polar surface area (TPSA) is 54.5 Å². The van der Waals surface area contributed by atoms with Gasteiger partial charge in [-0.3, -0.25) is 9.88 Å². The Morgan fingerprint density at radius 3 is 3.05 bits per heavy atom. The lowest BCUT2D eigenvalue weighted by atomic mass is 10.0. The van der Waals surface area contributed by atoms with E-state index in [-0.39, 0.29) is 12.1 Å². The number of hydrogen-bond donors (Lipinski definition) is 1. The molecule has 1 unspecified atom stereocenters. The van der Waals surface area contributed by atoms with Gasteiger partial charge < -0.3 is 10.1 Å². The normalized spacial score (nSPS) is 19.2. The number of pyridine rings is 1. The molecule has 5 heteroatoms. The summed E-state index contributed by atoms with van der Waals surface area (Å²) >= 11 is 0. The van der Waals surface area contributed by atoms with Gasteiger partial charge in [0, 0.05) is 30.5 Å². The molecule has 0 radical (unpaired) electrons. The molecule has 0 aromatic carbocycles. The average Bonchev–Trinajstić information content (AvgIpc) is 2.48. The van der Waals surface area contributed by atoms with E-state index in [1.807, 2.05) is 33.0 Å². The quantitative estimate of drug-likeness (QED) is 0.909. The SMILES string of the molecule is Cc1ncccc1CN1CCCCC1COC(=O)NC(C)C. The van der Waals surface area contributed by atoms with Crippen molar-refractivity contribution in [2.45, 2.75) is 58.7 Å². The molecule has 0 spiro atoms. The molecule has 0 aliphatic carbocycles. The summed E-state index contributed by atoms with van der Waals surface area (Å²) in [5.41, 5.74) is 2.33. The molecule has 1 aromatic rings. The van der Waals surface area contributed by atoms with Gasteiger partial charge in [0.1, 0.15) is 6.61 Å². The molecule has 1 fully saturated rings. The minimum atomic E-state index is -0.321. The fourth-order valence-electron chi connectivity index (χ4n) is 2.81. The number of nitrogens with one attached hydrogen (secondary N) is 1. The maximum absolute atomic E-state index is 11.7. The Bertz CT molecular complexity index is 491. The highest BCUT2D eigenvalue weighted by molar-refractivity contribution is 5.67. The van der Waals surface area contributed by atoms with Crippen LogP contribution in [0.1, 0.15) is 44.4 Å². The first-order valence-electron chi connectivity index (χ1n) is 8.14. The molecule has 22 heavy (non-hydrogen) atoms. The molecular weight excluding hydrogens is 278 g/mol. The fraction of sp³-hybridized carbons (Fsp3) is 0.647. The molecule has 1 saturated heterocycles. The van der Waals surface area contributed by atoms with Gasteiger partial charge in [0.2, 0.25) is 0 Å². The summed E-state index contributed by atoms with van der Waals surface area (Å²) in [6.45, 7) is 8.28. The van der Waals surface area contributed by atoms with Crippen molar-refractivity contribution in [3.63, 3.8) is 0 Å². The molecule has 0 saturated carbocycles. The lowest BCUT2D eigenvalue weighted by Crippen LogP contribution is -2.43. The smallest absolute Gasteiger partial charge is 0.407 e. The highest BCUT2D eigenvalue weighted by Gasteiger charge is 2.24. The van der Waals surface area contributed by atoms with Crippen molar-refractivity contribution in [3.8, 4) is 0 Å². The van der Waals surface area contributed by atoms with Gasteiger partial charge in [-0.15, -0.1) is 0 Å². The van der Waals surface area contributed by atoms with E-state index in [9.17, 15) is 4.79 Å². The molecule has 1 aromatic heterocycles. The van der Waals surface area contributed by atoms with Crippen molar-refractivity contribution >= 4 is 6.09 Å². The summed E-state index contributed by atoms with van der Waals surface area (Å²) in [4.78, 5) is 18.4. The van der Waals surface area contributed by atoms with Crippen molar-refractivity contribution in [2.75, 3.05) is 13.2 Å². The molecular formula is C17H27N3O2. The fourth-order valence-corrected chi connectivity index (χ4v) is 2.81. The molecule has 1 aliphatic rings. The van der Waals surface area contributed by atoms with E-state index in [1.165, 1.54) is 18.4 Å². The lowest BCUT2D eigenvalue weighted by Gasteiger charge is -2.35. The molecule has 2 rings (SSSR count). The highest BCUT2D eigenvalue weighted by Crippen LogP contribution is 2.20. The maximum Gasteiger partial charge on any atom is 0.407 e. The first-order chi connectivity index (χ1) is 10.6. The summed E-state index contributed by atoms with van der Waals surface area (Å²) in [6, 6.07) is 4.51. The first-order valence-corrected chi connectivity index (χ1v) is 8.14. The van der Waals surface area contributed by atoms with Crippen LogP contribution in [0.5, 0.6) is 0 Å². The molecule has 5 nitrogen and oxygen atoms in total. The van der Waals surface area contributed by atoms with Crippen LogP contribution in [0.3, 0.4) is 0 Å². The van der Waals surface area contributed by atoms with Gasteiger partial charge in [-0.2, -0.15) is 0 Å². The van der Waals surface area contributed by atoms with Crippen LogP contribution in [-0.4, -0.2) is 41.2 Å². The largest absolute Gasteiger partial charge is 0.448 e. The summed E-state index contributed by atoms with van der Waals surface area (Å²) in [5, 5.41) is 2.77. The number of piperidine rings is 1. The summed E-state index contributed by atoms with van der Waals surface area (Å²) in [7, 11) is 0. The molecule has 1 atom stereocenters. The number of nitrogens with zero attached hydrogens (tertiary/aromatic N) is 2. The Kier molecular flexibility index (Phi) is 6.19. The lowest BCUT2D eigenvalue weighted by molar-refractivity contribution is 0.0630. The van der Waals surface area contributed by atoms with Crippen molar-refractivity contribution in [1.82, 2.24) is 15.2 Å². The number of rotatable bonds is 5. The Morgan fingerprint density at radius 1 is 1.50 bits per heavy atom. The molecule has 122 valence electrons. The van der Waals surface area contributed by atoms with Crippen LogP contribution in [0, 0.1) is 6.92 Å². The van der Waals surface area contributed by atoms with Crippen molar-refractivity contribution in [1.29, 1.82) is 0 Å². The van der Waals surface area contributed by atoms with Gasteiger partial charge in [0.25, 0.3) is 0 Å². The van der Waals surface area contributed by atoms with Crippen LogP contribution in [0.15, 0.2) is 18.3 Å². The number of amides is 1. The van der Waals surface area contributed by atoms with E-state index >= 15 is 0 Å². The molecule has 0 bridgehead atoms. The Hall–Kier alpha value is -1.62. The Labute approximate surface area is 133 Å². The third kappa shape index (κ3) is 4.98. The van der Waals surface area contributed by atoms with Gasteiger partial charge >= 0.3 is 6.09 Å². The Balaban J connectivity index is 1.91. The predicted molar refractivity (Wildman–Crippen MR) is 86.6 cm³/mol. The second-order valence-electron chi connectivity index (χ2n) is 6.27. The molecule has 1 N–H and O–H groups in total. The number of ether oxygens (including phenoxy) is 1. The molecule has 1 aliphatic heterocycles. The first kappa shape index (κ1) is 16.7. The number of carbonyl (C=O) groups excluding carboxylic acids is 1. The van der Waals surface area contributed by atoms with Gasteiger partial charge in [-0.25, -0.2) is 4.79 Å². The number of likely N-dealkylation sites (tertiary alicyclic amines) is 1. The van der Waals surface area contributed by atoms with E-state index in [0.29, 0.717) is 12.6 Å². The van der Waals surface area contributed by atoms with E-state index < -0.39 is 0 Å². The number of aromatic nitrogens is 1. The van der Waals surface area contributed by atoms with Gasteiger partial charge in [0.05, 0.1) is 0 Å². The standard InChI is InChI=1S/C17H27N3O2/c1-13(2)19-17(21)22-12-16-8-4-5-10-20(16)11-15-7-6-9-18-14(15)3/h6-7,9,13,16H,4-5,8,10-12H2,1-3H3,(H,19,21).